The molecule has 0 aromatic heterocycles. The second kappa shape index (κ2) is 7.97. The van der Waals surface area contributed by atoms with E-state index in [2.05, 4.69) is 5.32 Å². The lowest BCUT2D eigenvalue weighted by atomic mass is 10.2. The van der Waals surface area contributed by atoms with Gasteiger partial charge >= 0.3 is 0 Å². The van der Waals surface area contributed by atoms with E-state index < -0.39 is 0 Å². The Labute approximate surface area is 125 Å². The minimum Gasteiger partial charge on any atom is -0.490 e. The van der Waals surface area contributed by atoms with Crippen molar-refractivity contribution in [3.05, 3.63) is 23.8 Å². The molecule has 20 heavy (non-hydrogen) atoms. The monoisotopic (exact) mass is 300 g/mol. The van der Waals surface area contributed by atoms with E-state index in [4.69, 9.17) is 15.2 Å². The van der Waals surface area contributed by atoms with Crippen molar-refractivity contribution in [1.82, 2.24) is 5.32 Å². The predicted molar refractivity (Wildman–Crippen MR) is 79.4 cm³/mol. The maximum absolute atomic E-state index is 11.5. The number of halogens is 1. The molecule has 0 spiro atoms. The highest BCUT2D eigenvalue weighted by molar-refractivity contribution is 5.85. The zero-order valence-electron chi connectivity index (χ0n) is 11.6. The summed E-state index contributed by atoms with van der Waals surface area (Å²) in [6.45, 7) is 3.63. The molecule has 5 nitrogen and oxygen atoms in total. The van der Waals surface area contributed by atoms with Crippen molar-refractivity contribution in [3.63, 3.8) is 0 Å². The van der Waals surface area contributed by atoms with Gasteiger partial charge in [-0.2, -0.15) is 0 Å². The van der Waals surface area contributed by atoms with E-state index in [9.17, 15) is 4.79 Å². The Hall–Kier alpha value is -1.46. The molecular weight excluding hydrogens is 280 g/mol. The van der Waals surface area contributed by atoms with Crippen molar-refractivity contribution in [2.75, 3.05) is 13.2 Å². The number of fused-ring (bicyclic) bond motifs is 1. The molecule has 0 bridgehead atoms. The van der Waals surface area contributed by atoms with Gasteiger partial charge in [0, 0.05) is 25.4 Å². The molecule has 1 amide bonds. The maximum atomic E-state index is 11.5. The Morgan fingerprint density at radius 2 is 2.05 bits per heavy atom. The lowest BCUT2D eigenvalue weighted by Crippen LogP contribution is -2.29. The summed E-state index contributed by atoms with van der Waals surface area (Å²) in [6, 6.07) is 5.60. The highest BCUT2D eigenvalue weighted by Crippen LogP contribution is 2.30. The number of rotatable bonds is 4. The Balaban J connectivity index is 0.00000200. The van der Waals surface area contributed by atoms with Crippen LogP contribution in [0.2, 0.25) is 0 Å². The van der Waals surface area contributed by atoms with E-state index in [1.165, 1.54) is 0 Å². The summed E-state index contributed by atoms with van der Waals surface area (Å²) >= 11 is 0. The van der Waals surface area contributed by atoms with E-state index in [1.807, 2.05) is 25.1 Å². The summed E-state index contributed by atoms with van der Waals surface area (Å²) in [7, 11) is 0. The van der Waals surface area contributed by atoms with Gasteiger partial charge in [0.25, 0.3) is 0 Å². The van der Waals surface area contributed by atoms with Crippen molar-refractivity contribution < 1.29 is 14.3 Å². The Kier molecular flexibility index (Phi) is 6.61. The molecule has 3 N–H and O–H groups in total. The Bertz CT molecular complexity index is 452. The zero-order chi connectivity index (χ0) is 13.7. The van der Waals surface area contributed by atoms with Crippen molar-refractivity contribution in [2.24, 2.45) is 5.73 Å². The van der Waals surface area contributed by atoms with Gasteiger partial charge in [0.05, 0.1) is 13.2 Å². The number of carbonyl (C=O) groups excluding carboxylic acids is 1. The summed E-state index contributed by atoms with van der Waals surface area (Å²) in [6.07, 6.45) is 1.22. The van der Waals surface area contributed by atoms with Gasteiger partial charge in [0.1, 0.15) is 0 Å². The van der Waals surface area contributed by atoms with Gasteiger partial charge in [-0.1, -0.05) is 6.07 Å². The SMILES string of the molecule is CC(N)CC(=O)NCc1ccc2c(c1)OCCCO2.Cl. The average Bonchev–Trinajstić information content (AvgIpc) is 2.60. The first-order valence-corrected chi connectivity index (χ1v) is 6.56. The Morgan fingerprint density at radius 1 is 1.35 bits per heavy atom. The fraction of sp³-hybridized carbons (Fsp3) is 0.500. The van der Waals surface area contributed by atoms with Crippen LogP contribution in [0.1, 0.15) is 25.3 Å². The van der Waals surface area contributed by atoms with Crippen LogP contribution in [-0.2, 0) is 11.3 Å². The fourth-order valence-corrected chi connectivity index (χ4v) is 1.88. The van der Waals surface area contributed by atoms with Crippen LogP contribution in [0.15, 0.2) is 18.2 Å². The van der Waals surface area contributed by atoms with Crippen LogP contribution >= 0.6 is 12.4 Å². The van der Waals surface area contributed by atoms with E-state index in [1.54, 1.807) is 0 Å². The van der Waals surface area contributed by atoms with E-state index in [0.717, 1.165) is 23.5 Å². The first-order valence-electron chi connectivity index (χ1n) is 6.56. The number of amides is 1. The van der Waals surface area contributed by atoms with Crippen molar-refractivity contribution in [1.29, 1.82) is 0 Å². The smallest absolute Gasteiger partial charge is 0.221 e. The molecule has 6 heteroatoms. The van der Waals surface area contributed by atoms with Gasteiger partial charge < -0.3 is 20.5 Å². The molecule has 112 valence electrons. The highest BCUT2D eigenvalue weighted by atomic mass is 35.5. The molecule has 1 aromatic carbocycles. The zero-order valence-corrected chi connectivity index (χ0v) is 12.4. The minimum absolute atomic E-state index is 0. The van der Waals surface area contributed by atoms with E-state index >= 15 is 0 Å². The van der Waals surface area contributed by atoms with E-state index in [0.29, 0.717) is 26.2 Å². The molecule has 1 aromatic rings. The molecule has 0 saturated heterocycles. The molecule has 0 radical (unpaired) electrons. The molecule has 0 fully saturated rings. The highest BCUT2D eigenvalue weighted by Gasteiger charge is 2.11. The topological polar surface area (TPSA) is 73.6 Å². The number of nitrogens with two attached hydrogens (primary N) is 1. The molecule has 1 aliphatic heterocycles. The molecule has 0 saturated carbocycles. The van der Waals surface area contributed by atoms with Crippen molar-refractivity contribution in [3.8, 4) is 11.5 Å². The molecule has 1 atom stereocenters. The van der Waals surface area contributed by atoms with Crippen LogP contribution < -0.4 is 20.5 Å². The maximum Gasteiger partial charge on any atom is 0.221 e. The molecular formula is C14H21ClN2O3. The quantitative estimate of drug-likeness (QED) is 0.886. The second-order valence-electron chi connectivity index (χ2n) is 4.79. The fourth-order valence-electron chi connectivity index (χ4n) is 1.88. The van der Waals surface area contributed by atoms with Crippen molar-refractivity contribution in [2.45, 2.75) is 32.4 Å². The van der Waals surface area contributed by atoms with Gasteiger partial charge in [-0.05, 0) is 24.6 Å². The predicted octanol–water partition coefficient (Wildman–Crippen LogP) is 1.62. The third-order valence-electron chi connectivity index (χ3n) is 2.81. The van der Waals surface area contributed by atoms with Gasteiger partial charge in [-0.3, -0.25) is 4.79 Å². The second-order valence-corrected chi connectivity index (χ2v) is 4.79. The molecule has 0 aliphatic carbocycles. The summed E-state index contributed by atoms with van der Waals surface area (Å²) in [4.78, 5) is 11.5. The molecule has 2 rings (SSSR count). The van der Waals surface area contributed by atoms with Gasteiger partial charge in [-0.15, -0.1) is 12.4 Å². The summed E-state index contributed by atoms with van der Waals surface area (Å²) in [5.74, 6) is 1.47. The number of nitrogens with one attached hydrogen (secondary N) is 1. The van der Waals surface area contributed by atoms with E-state index in [-0.39, 0.29) is 24.4 Å². The standard InChI is InChI=1S/C14H20N2O3.ClH/c1-10(15)7-14(17)16-9-11-3-4-12-13(8-11)19-6-2-5-18-12;/h3-4,8,10H,2,5-7,9,15H2,1H3,(H,16,17);1H. The lowest BCUT2D eigenvalue weighted by molar-refractivity contribution is -0.121. The van der Waals surface area contributed by atoms with Crippen molar-refractivity contribution >= 4 is 18.3 Å². The molecule has 1 aliphatic rings. The van der Waals surface area contributed by atoms with Crippen LogP contribution in [-0.4, -0.2) is 25.2 Å². The normalized spacial score (nSPS) is 14.7. The minimum atomic E-state index is -0.122. The first-order chi connectivity index (χ1) is 9.15. The molecule has 1 unspecified atom stereocenters. The lowest BCUT2D eigenvalue weighted by Gasteiger charge is -2.10. The summed E-state index contributed by atoms with van der Waals surface area (Å²) < 4.78 is 11.2. The van der Waals surface area contributed by atoms with Crippen LogP contribution in [0.5, 0.6) is 11.5 Å². The first kappa shape index (κ1) is 16.6. The number of carbonyl (C=O) groups is 1. The summed E-state index contributed by atoms with van der Waals surface area (Å²) in [5.41, 5.74) is 6.56. The third-order valence-corrected chi connectivity index (χ3v) is 2.81. The van der Waals surface area contributed by atoms with Crippen LogP contribution in [0.3, 0.4) is 0 Å². The Morgan fingerprint density at radius 3 is 2.75 bits per heavy atom. The van der Waals surface area contributed by atoms with Gasteiger partial charge in [-0.25, -0.2) is 0 Å². The van der Waals surface area contributed by atoms with Crippen LogP contribution in [0.25, 0.3) is 0 Å². The average molecular weight is 301 g/mol. The number of ether oxygens (including phenoxy) is 2. The van der Waals surface area contributed by atoms with Crippen LogP contribution in [0, 0.1) is 0 Å². The third kappa shape index (κ3) is 4.90. The number of benzene rings is 1. The number of hydrogen-bond donors (Lipinski definition) is 2. The molecule has 1 heterocycles. The van der Waals surface area contributed by atoms with Gasteiger partial charge in [0.15, 0.2) is 11.5 Å². The van der Waals surface area contributed by atoms with Crippen LogP contribution in [0.4, 0.5) is 0 Å². The largest absolute Gasteiger partial charge is 0.490 e. The van der Waals surface area contributed by atoms with Gasteiger partial charge in [0.2, 0.25) is 5.91 Å². The summed E-state index contributed by atoms with van der Waals surface area (Å²) in [5, 5.41) is 2.84. The number of hydrogen-bond acceptors (Lipinski definition) is 4.